The molecule has 0 spiro atoms. The van der Waals surface area contributed by atoms with E-state index < -0.39 is 15.9 Å². The van der Waals surface area contributed by atoms with Crippen LogP contribution in [0.25, 0.3) is 0 Å². The van der Waals surface area contributed by atoms with Crippen molar-refractivity contribution in [3.63, 3.8) is 0 Å². The van der Waals surface area contributed by atoms with Gasteiger partial charge in [0.15, 0.2) is 0 Å². The molecule has 0 aromatic carbocycles. The first-order chi connectivity index (χ1) is 6.97. The standard InChI is InChI=1S/C10H15NO3S/c1-15(13,14)6-4-10(12)7-9-3-2-5-11-8-9/h2-3,5,8,10,12H,4,6-7H2,1H3. The van der Waals surface area contributed by atoms with Crippen LogP contribution in [-0.4, -0.2) is 36.6 Å². The Labute approximate surface area is 89.9 Å². The molecule has 4 nitrogen and oxygen atoms in total. The Morgan fingerprint density at radius 2 is 2.27 bits per heavy atom. The van der Waals surface area contributed by atoms with Crippen molar-refractivity contribution in [2.75, 3.05) is 12.0 Å². The largest absolute Gasteiger partial charge is 0.393 e. The van der Waals surface area contributed by atoms with Gasteiger partial charge in [-0.15, -0.1) is 0 Å². The summed E-state index contributed by atoms with van der Waals surface area (Å²) in [7, 11) is -2.99. The number of aromatic nitrogens is 1. The summed E-state index contributed by atoms with van der Waals surface area (Å²) in [5.41, 5.74) is 0.915. The lowest BCUT2D eigenvalue weighted by atomic mass is 10.1. The predicted octanol–water partition coefficient (Wildman–Crippen LogP) is 0.420. The second-order valence-corrected chi connectivity index (χ2v) is 5.90. The summed E-state index contributed by atoms with van der Waals surface area (Å²) < 4.78 is 21.7. The van der Waals surface area contributed by atoms with Gasteiger partial charge in [0, 0.05) is 18.6 Å². The van der Waals surface area contributed by atoms with E-state index in [1.165, 1.54) is 6.26 Å². The van der Waals surface area contributed by atoms with E-state index in [-0.39, 0.29) is 12.2 Å². The molecule has 15 heavy (non-hydrogen) atoms. The number of sulfone groups is 1. The molecule has 0 radical (unpaired) electrons. The normalized spacial score (nSPS) is 13.7. The van der Waals surface area contributed by atoms with Gasteiger partial charge in [-0.05, 0) is 24.5 Å². The van der Waals surface area contributed by atoms with E-state index in [0.717, 1.165) is 5.56 Å². The molecule has 0 aliphatic rings. The summed E-state index contributed by atoms with van der Waals surface area (Å²) in [6.07, 6.45) is 4.60. The highest BCUT2D eigenvalue weighted by atomic mass is 32.2. The van der Waals surface area contributed by atoms with E-state index in [1.54, 1.807) is 18.5 Å². The van der Waals surface area contributed by atoms with Crippen molar-refractivity contribution in [1.29, 1.82) is 0 Å². The van der Waals surface area contributed by atoms with Crippen molar-refractivity contribution >= 4 is 9.84 Å². The fraction of sp³-hybridized carbons (Fsp3) is 0.500. The van der Waals surface area contributed by atoms with Crippen LogP contribution in [0.15, 0.2) is 24.5 Å². The zero-order valence-corrected chi connectivity index (χ0v) is 9.44. The van der Waals surface area contributed by atoms with E-state index in [4.69, 9.17) is 0 Å². The monoisotopic (exact) mass is 229 g/mol. The topological polar surface area (TPSA) is 67.3 Å². The molecule has 0 aliphatic heterocycles. The molecule has 1 heterocycles. The maximum Gasteiger partial charge on any atom is 0.147 e. The Bertz CT molecular complexity index is 388. The van der Waals surface area contributed by atoms with Gasteiger partial charge in [0.2, 0.25) is 0 Å². The number of rotatable bonds is 5. The summed E-state index contributed by atoms with van der Waals surface area (Å²) in [5, 5.41) is 9.57. The van der Waals surface area contributed by atoms with E-state index >= 15 is 0 Å². The molecule has 1 atom stereocenters. The first kappa shape index (κ1) is 12.1. The SMILES string of the molecule is CS(=O)(=O)CCC(O)Cc1cccnc1. The van der Waals surface area contributed by atoms with Crippen LogP contribution in [0.1, 0.15) is 12.0 Å². The third-order valence-electron chi connectivity index (χ3n) is 2.02. The van der Waals surface area contributed by atoms with E-state index in [2.05, 4.69) is 4.98 Å². The molecule has 5 heteroatoms. The molecule has 1 aromatic rings. The van der Waals surface area contributed by atoms with Crippen LogP contribution in [0.5, 0.6) is 0 Å². The fourth-order valence-corrected chi connectivity index (χ4v) is 1.94. The molecule has 1 N–H and O–H groups in total. The number of pyridine rings is 1. The summed E-state index contributed by atoms with van der Waals surface area (Å²) in [5.74, 6) is 0.0223. The highest BCUT2D eigenvalue weighted by Gasteiger charge is 2.09. The van der Waals surface area contributed by atoms with Gasteiger partial charge in [0.25, 0.3) is 0 Å². The summed E-state index contributed by atoms with van der Waals surface area (Å²) in [6, 6.07) is 3.65. The van der Waals surface area contributed by atoms with Crippen molar-refractivity contribution in [3.8, 4) is 0 Å². The molecule has 1 rings (SSSR count). The average Bonchev–Trinajstić information content (AvgIpc) is 2.15. The lowest BCUT2D eigenvalue weighted by Crippen LogP contribution is -2.16. The van der Waals surface area contributed by atoms with Crippen molar-refractivity contribution < 1.29 is 13.5 Å². The van der Waals surface area contributed by atoms with Crippen molar-refractivity contribution in [3.05, 3.63) is 30.1 Å². The zero-order chi connectivity index (χ0) is 11.3. The minimum absolute atomic E-state index is 0.0223. The maximum absolute atomic E-state index is 10.9. The highest BCUT2D eigenvalue weighted by Crippen LogP contribution is 2.05. The van der Waals surface area contributed by atoms with Crippen LogP contribution in [0.4, 0.5) is 0 Å². The van der Waals surface area contributed by atoms with Crippen LogP contribution in [0.2, 0.25) is 0 Å². The van der Waals surface area contributed by atoms with Gasteiger partial charge in [-0.2, -0.15) is 0 Å². The van der Waals surface area contributed by atoms with Gasteiger partial charge in [-0.3, -0.25) is 4.98 Å². The molecule has 0 saturated heterocycles. The lowest BCUT2D eigenvalue weighted by molar-refractivity contribution is 0.171. The second kappa shape index (κ2) is 5.23. The first-order valence-corrected chi connectivity index (χ1v) is 6.78. The maximum atomic E-state index is 10.9. The van der Waals surface area contributed by atoms with E-state index in [0.29, 0.717) is 6.42 Å². The molecular weight excluding hydrogens is 214 g/mol. The molecule has 0 amide bonds. The van der Waals surface area contributed by atoms with Crippen molar-refractivity contribution in [2.24, 2.45) is 0 Å². The highest BCUT2D eigenvalue weighted by molar-refractivity contribution is 7.90. The Hall–Kier alpha value is -0.940. The molecule has 0 fully saturated rings. The number of hydrogen-bond donors (Lipinski definition) is 1. The minimum Gasteiger partial charge on any atom is -0.393 e. The molecule has 1 aromatic heterocycles. The smallest absolute Gasteiger partial charge is 0.147 e. The zero-order valence-electron chi connectivity index (χ0n) is 8.63. The first-order valence-electron chi connectivity index (χ1n) is 4.72. The summed E-state index contributed by atoms with van der Waals surface area (Å²) >= 11 is 0. The Kier molecular flexibility index (Phi) is 4.23. The number of aliphatic hydroxyl groups is 1. The van der Waals surface area contributed by atoms with Crippen LogP contribution in [-0.2, 0) is 16.3 Å². The Balaban J connectivity index is 2.40. The molecule has 84 valence electrons. The Morgan fingerprint density at radius 1 is 1.53 bits per heavy atom. The summed E-state index contributed by atoms with van der Waals surface area (Å²) in [4.78, 5) is 3.92. The fourth-order valence-electron chi connectivity index (χ4n) is 1.24. The predicted molar refractivity (Wildman–Crippen MR) is 58.3 cm³/mol. The minimum atomic E-state index is -2.99. The van der Waals surface area contributed by atoms with E-state index in [1.807, 2.05) is 6.07 Å². The van der Waals surface area contributed by atoms with Crippen LogP contribution >= 0.6 is 0 Å². The van der Waals surface area contributed by atoms with Gasteiger partial charge < -0.3 is 5.11 Å². The van der Waals surface area contributed by atoms with Gasteiger partial charge in [-0.25, -0.2) is 8.42 Å². The molecule has 0 saturated carbocycles. The lowest BCUT2D eigenvalue weighted by Gasteiger charge is -2.09. The van der Waals surface area contributed by atoms with Gasteiger partial charge in [0.1, 0.15) is 9.84 Å². The van der Waals surface area contributed by atoms with Gasteiger partial charge in [-0.1, -0.05) is 6.07 Å². The van der Waals surface area contributed by atoms with Gasteiger partial charge >= 0.3 is 0 Å². The molecular formula is C10H15NO3S. The molecule has 0 bridgehead atoms. The molecule has 1 unspecified atom stereocenters. The Morgan fingerprint density at radius 3 is 2.80 bits per heavy atom. The number of aliphatic hydroxyl groups excluding tert-OH is 1. The van der Waals surface area contributed by atoms with Crippen LogP contribution in [0.3, 0.4) is 0 Å². The second-order valence-electron chi connectivity index (χ2n) is 3.64. The van der Waals surface area contributed by atoms with Crippen molar-refractivity contribution in [1.82, 2.24) is 4.98 Å². The van der Waals surface area contributed by atoms with Gasteiger partial charge in [0.05, 0.1) is 11.9 Å². The van der Waals surface area contributed by atoms with Crippen molar-refractivity contribution in [2.45, 2.75) is 18.9 Å². The third-order valence-corrected chi connectivity index (χ3v) is 2.99. The molecule has 0 aliphatic carbocycles. The van der Waals surface area contributed by atoms with E-state index in [9.17, 15) is 13.5 Å². The number of hydrogen-bond acceptors (Lipinski definition) is 4. The average molecular weight is 229 g/mol. The quantitative estimate of drug-likeness (QED) is 0.794. The van der Waals surface area contributed by atoms with Crippen LogP contribution in [0, 0.1) is 0 Å². The summed E-state index contributed by atoms with van der Waals surface area (Å²) in [6.45, 7) is 0. The third kappa shape index (κ3) is 5.49. The number of nitrogens with zero attached hydrogens (tertiary/aromatic N) is 1. The van der Waals surface area contributed by atoms with Crippen LogP contribution < -0.4 is 0 Å².